The smallest absolute Gasteiger partial charge is 0.109 e. The van der Waals surface area contributed by atoms with Crippen molar-refractivity contribution in [2.45, 2.75) is 33.0 Å². The molecule has 1 N–H and O–H groups in total. The fourth-order valence-corrected chi connectivity index (χ4v) is 3.39. The van der Waals surface area contributed by atoms with Crippen LogP contribution in [-0.2, 0) is 26.1 Å². The van der Waals surface area contributed by atoms with E-state index in [-0.39, 0.29) is 0 Å². The minimum absolute atomic E-state index is 0.759. The van der Waals surface area contributed by atoms with E-state index in [1.165, 1.54) is 16.7 Å². The fourth-order valence-electron chi connectivity index (χ4n) is 3.22. The van der Waals surface area contributed by atoms with E-state index in [2.05, 4.69) is 35.0 Å². The van der Waals surface area contributed by atoms with Crippen LogP contribution >= 0.6 is 11.6 Å². The number of fused-ring (bicyclic) bond motifs is 2. The van der Waals surface area contributed by atoms with Gasteiger partial charge in [0.2, 0.25) is 0 Å². The van der Waals surface area contributed by atoms with Gasteiger partial charge in [0.05, 0.1) is 11.0 Å². The van der Waals surface area contributed by atoms with Gasteiger partial charge in [0.25, 0.3) is 0 Å². The first-order valence-electron chi connectivity index (χ1n) is 7.70. The molecule has 3 nitrogen and oxygen atoms in total. The molecule has 3 aromatic rings. The first-order valence-corrected chi connectivity index (χ1v) is 8.08. The molecule has 0 spiro atoms. The average Bonchev–Trinajstić information content (AvgIpc) is 3.11. The molecule has 112 valence electrons. The van der Waals surface area contributed by atoms with Gasteiger partial charge in [-0.1, -0.05) is 36.7 Å². The van der Waals surface area contributed by atoms with Gasteiger partial charge in [-0.25, -0.2) is 4.98 Å². The highest BCUT2D eigenvalue weighted by molar-refractivity contribution is 6.31. The molecule has 0 amide bonds. The molecular weight excluding hydrogens is 294 g/mol. The van der Waals surface area contributed by atoms with Gasteiger partial charge in [-0.3, -0.25) is 0 Å². The molecule has 0 saturated carbocycles. The van der Waals surface area contributed by atoms with E-state index in [1.807, 2.05) is 18.2 Å². The van der Waals surface area contributed by atoms with Crippen molar-refractivity contribution in [2.75, 3.05) is 0 Å². The second kappa shape index (κ2) is 5.41. The first kappa shape index (κ1) is 13.8. The van der Waals surface area contributed by atoms with Crippen LogP contribution < -0.4 is 5.32 Å². The molecule has 22 heavy (non-hydrogen) atoms. The van der Waals surface area contributed by atoms with Crippen LogP contribution in [0.5, 0.6) is 0 Å². The Balaban J connectivity index is 1.78. The monoisotopic (exact) mass is 311 g/mol. The number of hydrogen-bond acceptors (Lipinski definition) is 2. The predicted molar refractivity (Wildman–Crippen MR) is 90.2 cm³/mol. The molecule has 4 heteroatoms. The third-order valence-electron chi connectivity index (χ3n) is 4.35. The van der Waals surface area contributed by atoms with Gasteiger partial charge in [0.15, 0.2) is 0 Å². The number of aryl methyl sites for hydroxylation is 1. The summed E-state index contributed by atoms with van der Waals surface area (Å²) < 4.78 is 2.28. The van der Waals surface area contributed by atoms with E-state index in [4.69, 9.17) is 16.6 Å². The number of halogens is 1. The molecule has 0 saturated heterocycles. The van der Waals surface area contributed by atoms with Crippen molar-refractivity contribution in [3.8, 4) is 0 Å². The van der Waals surface area contributed by atoms with Crippen LogP contribution in [0.3, 0.4) is 0 Å². The van der Waals surface area contributed by atoms with E-state index in [1.54, 1.807) is 0 Å². The largest absolute Gasteiger partial charge is 0.323 e. The average molecular weight is 312 g/mol. The number of nitrogens with zero attached hydrogens (tertiary/aromatic N) is 2. The lowest BCUT2D eigenvalue weighted by molar-refractivity contribution is 0.750. The second-order valence-electron chi connectivity index (χ2n) is 5.81. The highest BCUT2D eigenvalue weighted by Gasteiger charge is 2.13. The van der Waals surface area contributed by atoms with Gasteiger partial charge in [0, 0.05) is 31.1 Å². The Bertz CT molecular complexity index is 851. The number of rotatable bonds is 3. The van der Waals surface area contributed by atoms with Gasteiger partial charge in [0.1, 0.15) is 5.82 Å². The maximum Gasteiger partial charge on any atom is 0.109 e. The Hall–Kier alpha value is -1.84. The van der Waals surface area contributed by atoms with Crippen molar-refractivity contribution in [3.63, 3.8) is 0 Å². The van der Waals surface area contributed by atoms with Gasteiger partial charge in [-0.15, -0.1) is 0 Å². The molecule has 4 rings (SSSR count). The highest BCUT2D eigenvalue weighted by Crippen LogP contribution is 2.24. The number of imidazole rings is 1. The molecule has 2 aromatic carbocycles. The van der Waals surface area contributed by atoms with Gasteiger partial charge < -0.3 is 9.88 Å². The summed E-state index contributed by atoms with van der Waals surface area (Å²) in [6, 6.07) is 12.7. The van der Waals surface area contributed by atoms with E-state index < -0.39 is 0 Å². The van der Waals surface area contributed by atoms with E-state index >= 15 is 0 Å². The summed E-state index contributed by atoms with van der Waals surface area (Å²) in [5, 5.41) is 4.16. The van der Waals surface area contributed by atoms with E-state index in [9.17, 15) is 0 Å². The van der Waals surface area contributed by atoms with Crippen LogP contribution in [0.25, 0.3) is 11.0 Å². The van der Waals surface area contributed by atoms with Gasteiger partial charge in [-0.2, -0.15) is 0 Å². The standard InChI is InChI=1S/C18H18ClN3/c1-2-18-21-16-6-5-15(19)8-17(16)22(18)11-12-3-4-13-9-20-10-14(13)7-12/h3-8,20H,2,9-11H2,1H3. The van der Waals surface area contributed by atoms with Crippen LogP contribution in [-0.4, -0.2) is 9.55 Å². The molecule has 0 atom stereocenters. The Morgan fingerprint density at radius 2 is 2.00 bits per heavy atom. The third-order valence-corrected chi connectivity index (χ3v) is 4.58. The Labute approximate surface area is 134 Å². The summed E-state index contributed by atoms with van der Waals surface area (Å²) in [6.07, 6.45) is 0.915. The topological polar surface area (TPSA) is 29.9 Å². The molecule has 0 aliphatic carbocycles. The Morgan fingerprint density at radius 3 is 2.86 bits per heavy atom. The molecule has 0 fully saturated rings. The molecule has 0 unspecified atom stereocenters. The minimum atomic E-state index is 0.759. The molecule has 1 aromatic heterocycles. The molecule has 1 aliphatic rings. The quantitative estimate of drug-likeness (QED) is 0.795. The number of hydrogen-bond donors (Lipinski definition) is 1. The maximum atomic E-state index is 6.17. The van der Waals surface area contributed by atoms with Gasteiger partial charge >= 0.3 is 0 Å². The van der Waals surface area contributed by atoms with Crippen molar-refractivity contribution < 1.29 is 0 Å². The van der Waals surface area contributed by atoms with Crippen molar-refractivity contribution in [2.24, 2.45) is 0 Å². The summed E-state index contributed by atoms with van der Waals surface area (Å²) >= 11 is 6.17. The third kappa shape index (κ3) is 2.31. The lowest BCUT2D eigenvalue weighted by Crippen LogP contribution is -2.05. The SMILES string of the molecule is CCc1nc2ccc(Cl)cc2n1Cc1ccc2c(c1)CNC2. The summed E-state index contributed by atoms with van der Waals surface area (Å²) in [5.74, 6) is 1.11. The molecule has 0 bridgehead atoms. The summed E-state index contributed by atoms with van der Waals surface area (Å²) in [6.45, 7) is 4.94. The van der Waals surface area contributed by atoms with E-state index in [0.717, 1.165) is 47.9 Å². The zero-order chi connectivity index (χ0) is 15.1. The zero-order valence-electron chi connectivity index (χ0n) is 12.6. The minimum Gasteiger partial charge on any atom is -0.323 e. The van der Waals surface area contributed by atoms with Crippen molar-refractivity contribution >= 4 is 22.6 Å². The maximum absolute atomic E-state index is 6.17. The lowest BCUT2D eigenvalue weighted by atomic mass is 10.1. The number of nitrogens with one attached hydrogen (secondary N) is 1. The first-order chi connectivity index (χ1) is 10.7. The number of benzene rings is 2. The normalized spacial score (nSPS) is 13.7. The zero-order valence-corrected chi connectivity index (χ0v) is 13.3. The van der Waals surface area contributed by atoms with Crippen LogP contribution in [0.4, 0.5) is 0 Å². The Kier molecular flexibility index (Phi) is 3.40. The lowest BCUT2D eigenvalue weighted by Gasteiger charge is -2.10. The summed E-state index contributed by atoms with van der Waals surface area (Å²) in [7, 11) is 0. The number of aromatic nitrogens is 2. The van der Waals surface area contributed by atoms with Crippen LogP contribution in [0.1, 0.15) is 29.4 Å². The Morgan fingerprint density at radius 1 is 1.14 bits per heavy atom. The molecule has 2 heterocycles. The summed E-state index contributed by atoms with van der Waals surface area (Å²) in [5.41, 5.74) is 6.28. The van der Waals surface area contributed by atoms with Crippen LogP contribution in [0.2, 0.25) is 5.02 Å². The predicted octanol–water partition coefficient (Wildman–Crippen LogP) is 3.90. The van der Waals surface area contributed by atoms with Crippen LogP contribution in [0, 0.1) is 0 Å². The molecule has 0 radical (unpaired) electrons. The molecule has 1 aliphatic heterocycles. The van der Waals surface area contributed by atoms with Crippen molar-refractivity contribution in [1.29, 1.82) is 0 Å². The fraction of sp³-hybridized carbons (Fsp3) is 0.278. The molecular formula is C18H18ClN3. The summed E-state index contributed by atoms with van der Waals surface area (Å²) in [4.78, 5) is 4.73. The van der Waals surface area contributed by atoms with Crippen molar-refractivity contribution in [3.05, 3.63) is 63.9 Å². The highest BCUT2D eigenvalue weighted by atomic mass is 35.5. The van der Waals surface area contributed by atoms with Crippen LogP contribution in [0.15, 0.2) is 36.4 Å². The van der Waals surface area contributed by atoms with Crippen molar-refractivity contribution in [1.82, 2.24) is 14.9 Å². The van der Waals surface area contributed by atoms with E-state index in [0.29, 0.717) is 0 Å². The van der Waals surface area contributed by atoms with Gasteiger partial charge in [-0.05, 0) is 34.9 Å². The second-order valence-corrected chi connectivity index (χ2v) is 6.24.